The van der Waals surface area contributed by atoms with Crippen LogP contribution in [0.15, 0.2) is 30.6 Å². The third kappa shape index (κ3) is 2.74. The van der Waals surface area contributed by atoms with E-state index in [1.807, 2.05) is 32.0 Å². The molecule has 4 heteroatoms. The van der Waals surface area contributed by atoms with Crippen molar-refractivity contribution in [2.24, 2.45) is 0 Å². The van der Waals surface area contributed by atoms with Crippen LogP contribution >= 0.6 is 11.6 Å². The zero-order valence-electron chi connectivity index (χ0n) is 10.4. The van der Waals surface area contributed by atoms with Gasteiger partial charge in [0.25, 0.3) is 0 Å². The van der Waals surface area contributed by atoms with Gasteiger partial charge in [-0.25, -0.2) is 0 Å². The molecule has 0 spiro atoms. The van der Waals surface area contributed by atoms with E-state index in [0.29, 0.717) is 11.6 Å². The number of nitrogens with zero attached hydrogens (tertiary/aromatic N) is 1. The summed E-state index contributed by atoms with van der Waals surface area (Å²) < 4.78 is 5.77. The summed E-state index contributed by atoms with van der Waals surface area (Å²) in [6.07, 6.45) is 3.31. The lowest BCUT2D eigenvalue weighted by molar-refractivity contribution is 0.304. The first-order chi connectivity index (χ1) is 8.58. The van der Waals surface area contributed by atoms with Gasteiger partial charge in [-0.15, -0.1) is 0 Å². The van der Waals surface area contributed by atoms with Crippen molar-refractivity contribution in [1.82, 2.24) is 4.98 Å². The average molecular weight is 263 g/mol. The molecule has 0 amide bonds. The van der Waals surface area contributed by atoms with Crippen LogP contribution in [0.3, 0.4) is 0 Å². The molecule has 0 aliphatic carbocycles. The summed E-state index contributed by atoms with van der Waals surface area (Å²) in [6, 6.07) is 5.71. The molecule has 0 bridgehead atoms. The number of halogens is 1. The molecule has 0 saturated carbocycles. The Balaban J connectivity index is 2.16. The topological polar surface area (TPSA) is 48.1 Å². The van der Waals surface area contributed by atoms with Crippen LogP contribution in [-0.4, -0.2) is 4.98 Å². The van der Waals surface area contributed by atoms with Crippen molar-refractivity contribution < 1.29 is 4.74 Å². The fourth-order valence-corrected chi connectivity index (χ4v) is 1.82. The lowest BCUT2D eigenvalue weighted by Crippen LogP contribution is -2.00. The van der Waals surface area contributed by atoms with E-state index in [0.717, 1.165) is 28.1 Å². The second kappa shape index (κ2) is 5.27. The van der Waals surface area contributed by atoms with Gasteiger partial charge in [0.05, 0.1) is 5.02 Å². The number of hydrogen-bond donors (Lipinski definition) is 1. The van der Waals surface area contributed by atoms with Crippen LogP contribution in [-0.2, 0) is 6.61 Å². The standard InChI is InChI=1S/C14H15ClN2O/c1-9-6-14(10(2)5-13(9)16)18-8-11-3-4-17-7-12(11)15/h3-7H,8,16H2,1-2H3. The highest BCUT2D eigenvalue weighted by Crippen LogP contribution is 2.25. The normalized spacial score (nSPS) is 10.4. The third-order valence-corrected chi connectivity index (χ3v) is 3.14. The molecule has 0 aliphatic rings. The number of aryl methyl sites for hydroxylation is 2. The molecule has 0 atom stereocenters. The van der Waals surface area contributed by atoms with Crippen LogP contribution in [0.4, 0.5) is 5.69 Å². The lowest BCUT2D eigenvalue weighted by Gasteiger charge is -2.12. The van der Waals surface area contributed by atoms with Crippen molar-refractivity contribution in [3.63, 3.8) is 0 Å². The number of hydrogen-bond acceptors (Lipinski definition) is 3. The number of nitrogen functional groups attached to an aromatic ring is 1. The van der Waals surface area contributed by atoms with E-state index >= 15 is 0 Å². The highest BCUT2D eigenvalue weighted by atomic mass is 35.5. The zero-order chi connectivity index (χ0) is 13.1. The summed E-state index contributed by atoms with van der Waals surface area (Å²) in [4.78, 5) is 3.94. The van der Waals surface area contributed by atoms with Gasteiger partial charge in [-0.1, -0.05) is 11.6 Å². The maximum atomic E-state index is 6.02. The van der Waals surface area contributed by atoms with Gasteiger partial charge >= 0.3 is 0 Å². The fraction of sp³-hybridized carbons (Fsp3) is 0.214. The fourth-order valence-electron chi connectivity index (χ4n) is 1.64. The van der Waals surface area contributed by atoms with E-state index in [-0.39, 0.29) is 0 Å². The molecule has 2 N–H and O–H groups in total. The molecule has 0 fully saturated rings. The summed E-state index contributed by atoms with van der Waals surface area (Å²) in [5, 5.41) is 0.613. The molecule has 3 nitrogen and oxygen atoms in total. The number of ether oxygens (including phenoxy) is 1. The molecule has 2 aromatic rings. The van der Waals surface area contributed by atoms with Crippen LogP contribution in [0.1, 0.15) is 16.7 Å². The summed E-state index contributed by atoms with van der Waals surface area (Å²) in [5.41, 5.74) is 9.56. The van der Waals surface area contributed by atoms with Gasteiger partial charge in [-0.05, 0) is 43.2 Å². The maximum absolute atomic E-state index is 6.02. The van der Waals surface area contributed by atoms with Crippen LogP contribution in [0.5, 0.6) is 5.75 Å². The summed E-state index contributed by atoms with van der Waals surface area (Å²) in [6.45, 7) is 4.35. The van der Waals surface area contributed by atoms with Crippen LogP contribution in [0.25, 0.3) is 0 Å². The summed E-state index contributed by atoms with van der Waals surface area (Å²) in [5.74, 6) is 0.828. The number of rotatable bonds is 3. The summed E-state index contributed by atoms with van der Waals surface area (Å²) >= 11 is 6.02. The molecule has 94 valence electrons. The van der Waals surface area contributed by atoms with E-state index in [1.165, 1.54) is 0 Å². The quantitative estimate of drug-likeness (QED) is 0.861. The van der Waals surface area contributed by atoms with Gasteiger partial charge < -0.3 is 10.5 Å². The number of pyridine rings is 1. The SMILES string of the molecule is Cc1cc(OCc2ccncc2Cl)c(C)cc1N. The Morgan fingerprint density at radius 2 is 2.06 bits per heavy atom. The van der Waals surface area contributed by atoms with Gasteiger partial charge in [-0.2, -0.15) is 0 Å². The maximum Gasteiger partial charge on any atom is 0.123 e. The molecule has 2 rings (SSSR count). The molecule has 0 aliphatic heterocycles. The third-order valence-electron chi connectivity index (χ3n) is 2.80. The number of aromatic nitrogens is 1. The average Bonchev–Trinajstić information content (AvgIpc) is 2.34. The second-order valence-electron chi connectivity index (χ2n) is 4.23. The highest BCUT2D eigenvalue weighted by Gasteiger charge is 2.05. The van der Waals surface area contributed by atoms with Crippen molar-refractivity contribution in [2.75, 3.05) is 5.73 Å². The molecule has 1 aromatic carbocycles. The van der Waals surface area contributed by atoms with E-state index in [2.05, 4.69) is 4.98 Å². The predicted octanol–water partition coefficient (Wildman–Crippen LogP) is 3.51. The van der Waals surface area contributed by atoms with E-state index in [4.69, 9.17) is 22.1 Å². The smallest absolute Gasteiger partial charge is 0.123 e. The molecule has 0 unspecified atom stereocenters. The first-order valence-corrected chi connectivity index (χ1v) is 6.03. The molecule has 18 heavy (non-hydrogen) atoms. The molecular weight excluding hydrogens is 248 g/mol. The number of anilines is 1. The van der Waals surface area contributed by atoms with Crippen molar-refractivity contribution in [3.8, 4) is 5.75 Å². The Morgan fingerprint density at radius 1 is 1.28 bits per heavy atom. The van der Waals surface area contributed by atoms with Crippen molar-refractivity contribution >= 4 is 17.3 Å². The molecular formula is C14H15ClN2O. The molecule has 1 aromatic heterocycles. The second-order valence-corrected chi connectivity index (χ2v) is 4.64. The molecule has 0 saturated heterocycles. The van der Waals surface area contributed by atoms with Crippen molar-refractivity contribution in [1.29, 1.82) is 0 Å². The lowest BCUT2D eigenvalue weighted by atomic mass is 10.1. The van der Waals surface area contributed by atoms with Gasteiger partial charge in [0.1, 0.15) is 12.4 Å². The zero-order valence-corrected chi connectivity index (χ0v) is 11.2. The Bertz CT molecular complexity index is 570. The minimum atomic E-state index is 0.422. The largest absolute Gasteiger partial charge is 0.489 e. The number of benzene rings is 1. The van der Waals surface area contributed by atoms with Crippen molar-refractivity contribution in [3.05, 3.63) is 52.3 Å². The molecule has 0 radical (unpaired) electrons. The Morgan fingerprint density at radius 3 is 2.78 bits per heavy atom. The first-order valence-electron chi connectivity index (χ1n) is 5.66. The van der Waals surface area contributed by atoms with Crippen molar-refractivity contribution in [2.45, 2.75) is 20.5 Å². The van der Waals surface area contributed by atoms with Crippen LogP contribution in [0, 0.1) is 13.8 Å². The van der Waals surface area contributed by atoms with Gasteiger partial charge in [-0.3, -0.25) is 4.98 Å². The van der Waals surface area contributed by atoms with Gasteiger partial charge in [0, 0.05) is 23.6 Å². The van der Waals surface area contributed by atoms with Gasteiger partial charge in [0.15, 0.2) is 0 Å². The van der Waals surface area contributed by atoms with Crippen LogP contribution in [0.2, 0.25) is 5.02 Å². The first kappa shape index (κ1) is 12.7. The van der Waals surface area contributed by atoms with E-state index in [1.54, 1.807) is 12.4 Å². The predicted molar refractivity (Wildman–Crippen MR) is 73.9 cm³/mol. The monoisotopic (exact) mass is 262 g/mol. The minimum Gasteiger partial charge on any atom is -0.489 e. The Kier molecular flexibility index (Phi) is 3.72. The van der Waals surface area contributed by atoms with Gasteiger partial charge in [0.2, 0.25) is 0 Å². The minimum absolute atomic E-state index is 0.422. The van der Waals surface area contributed by atoms with E-state index < -0.39 is 0 Å². The highest BCUT2D eigenvalue weighted by molar-refractivity contribution is 6.31. The molecule has 1 heterocycles. The Hall–Kier alpha value is -1.74. The number of nitrogens with two attached hydrogens (primary N) is 1. The van der Waals surface area contributed by atoms with Crippen LogP contribution < -0.4 is 10.5 Å². The summed E-state index contributed by atoms with van der Waals surface area (Å²) in [7, 11) is 0. The Labute approximate surface area is 112 Å². The van der Waals surface area contributed by atoms with E-state index in [9.17, 15) is 0 Å².